The number of hydrogen-bond donors (Lipinski definition) is 4. The summed E-state index contributed by atoms with van der Waals surface area (Å²) in [6.45, 7) is 8.17. The Kier molecular flexibility index (Phi) is 11.7. The van der Waals surface area contributed by atoms with Crippen LogP contribution in [0.3, 0.4) is 0 Å². The van der Waals surface area contributed by atoms with E-state index in [1.54, 1.807) is 12.3 Å². The van der Waals surface area contributed by atoms with Gasteiger partial charge in [0.15, 0.2) is 11.4 Å². The first-order valence-electron chi connectivity index (χ1n) is 25.5. The number of sulfonamides is 1. The van der Waals surface area contributed by atoms with Crippen LogP contribution in [0, 0.1) is 21.4 Å². The van der Waals surface area contributed by atoms with Crippen molar-refractivity contribution in [1.82, 2.24) is 19.6 Å². The Morgan fingerprint density at radius 1 is 0.958 bits per heavy atom. The van der Waals surface area contributed by atoms with Gasteiger partial charge in [-0.3, -0.25) is 19.8 Å². The van der Waals surface area contributed by atoms with Gasteiger partial charge in [0, 0.05) is 54.6 Å². The standard InChI is InChI=1S/C53H62N8O9S/c1-31(2)38-6-3-4-7-39(38)42-8-5-19-59(42)35-26-53(27-35)16-20-58(21-17-53)34-11-14-40(43(23-34)60-45-22-33-15-18-54-50(33)56-52(45)70-48-30-68-29-46(48)60)51(63)57-71(66,67)37-24-44(61(64)65)49-47(25-37)69-28-41(55-49)32-9-12-36(62)13-10-32/h3-4,6-7,11,14-15,18,22-25,31-32,35-36,41-42,46,48,55,62H,5,8-10,12-13,16-17,19-21,26-30H2,1-2H3,(H,54,56)(H,57,63)/t32?,36?,41-,42+,46-,48-/m1/s1. The van der Waals surface area contributed by atoms with Crippen molar-refractivity contribution in [2.24, 2.45) is 11.3 Å². The van der Waals surface area contributed by atoms with Crippen molar-refractivity contribution in [1.29, 1.82) is 0 Å². The van der Waals surface area contributed by atoms with Crippen LogP contribution in [0.2, 0.25) is 0 Å². The van der Waals surface area contributed by atoms with Crippen LogP contribution in [-0.2, 0) is 14.8 Å². The van der Waals surface area contributed by atoms with E-state index in [1.807, 2.05) is 29.2 Å². The number of H-pyrrole nitrogens is 1. The van der Waals surface area contributed by atoms with Gasteiger partial charge in [-0.15, -0.1) is 0 Å². The van der Waals surface area contributed by atoms with Crippen molar-refractivity contribution < 1.29 is 37.5 Å². The molecule has 374 valence electrons. The van der Waals surface area contributed by atoms with E-state index in [9.17, 15) is 28.4 Å². The molecule has 4 atom stereocenters. The monoisotopic (exact) mass is 986 g/mol. The number of pyridine rings is 1. The third-order valence-electron chi connectivity index (χ3n) is 16.9. The molecule has 7 heterocycles. The fourth-order valence-electron chi connectivity index (χ4n) is 13.1. The number of fused-ring (bicyclic) bond motifs is 4. The van der Waals surface area contributed by atoms with Crippen molar-refractivity contribution in [2.45, 2.75) is 125 Å². The van der Waals surface area contributed by atoms with E-state index in [0.717, 1.165) is 62.5 Å². The number of carbonyl (C=O) groups excluding carboxylic acids is 1. The van der Waals surface area contributed by atoms with Crippen molar-refractivity contribution in [2.75, 3.05) is 54.6 Å². The summed E-state index contributed by atoms with van der Waals surface area (Å²) in [5.41, 5.74) is 5.57. The highest BCUT2D eigenvalue weighted by Gasteiger charge is 2.50. The van der Waals surface area contributed by atoms with E-state index in [0.29, 0.717) is 67.0 Å². The van der Waals surface area contributed by atoms with Gasteiger partial charge >= 0.3 is 0 Å². The van der Waals surface area contributed by atoms with E-state index in [2.05, 4.69) is 62.9 Å². The topological polar surface area (TPSA) is 205 Å². The minimum Gasteiger partial charge on any atom is -0.489 e. The van der Waals surface area contributed by atoms with Crippen LogP contribution < -0.4 is 29.3 Å². The average molecular weight is 987 g/mol. The van der Waals surface area contributed by atoms with Crippen molar-refractivity contribution in [3.05, 3.63) is 99.7 Å². The lowest BCUT2D eigenvalue weighted by Crippen LogP contribution is -2.55. The zero-order valence-corrected chi connectivity index (χ0v) is 41.0. The molecule has 1 spiro atoms. The van der Waals surface area contributed by atoms with Gasteiger partial charge < -0.3 is 39.4 Å². The lowest BCUT2D eigenvalue weighted by molar-refractivity contribution is -0.384. The van der Waals surface area contributed by atoms with Gasteiger partial charge in [0.1, 0.15) is 24.0 Å². The number of nitro benzene ring substituents is 1. The summed E-state index contributed by atoms with van der Waals surface area (Å²) in [6, 6.07) is 21.0. The molecule has 0 radical (unpaired) electrons. The van der Waals surface area contributed by atoms with Crippen LogP contribution in [0.25, 0.3) is 11.0 Å². The highest BCUT2D eigenvalue weighted by molar-refractivity contribution is 7.90. The van der Waals surface area contributed by atoms with E-state index < -0.39 is 37.5 Å². The molecule has 2 saturated carbocycles. The number of nitrogens with one attached hydrogen (secondary N) is 3. The average Bonchev–Trinajstić information content (AvgIpc) is 4.16. The number of aliphatic hydroxyl groups is 1. The molecule has 12 rings (SSSR count). The Labute approximate surface area is 413 Å². The molecule has 2 aromatic heterocycles. The molecule has 0 unspecified atom stereocenters. The quantitative estimate of drug-likeness (QED) is 0.0768. The minimum absolute atomic E-state index is 0.0123. The molecule has 5 aliphatic heterocycles. The summed E-state index contributed by atoms with van der Waals surface area (Å²) in [5.74, 6) is 0.0786. The van der Waals surface area contributed by atoms with Crippen LogP contribution in [0.5, 0.6) is 11.6 Å². The molecule has 2 aliphatic carbocycles. The first-order chi connectivity index (χ1) is 34.3. The molecule has 1 amide bonds. The van der Waals surface area contributed by atoms with E-state index >= 15 is 0 Å². The number of nitro groups is 1. The summed E-state index contributed by atoms with van der Waals surface area (Å²) in [5, 5.41) is 26.7. The Hall–Kier alpha value is -5.95. The zero-order chi connectivity index (χ0) is 48.8. The normalized spacial score (nSPS) is 26.3. The van der Waals surface area contributed by atoms with Gasteiger partial charge in [-0.05, 0) is 129 Å². The number of anilines is 4. The fraction of sp³-hybridized carbons (Fsp3) is 0.509. The predicted octanol–water partition coefficient (Wildman–Crippen LogP) is 8.32. The molecular weight excluding hydrogens is 925 g/mol. The Morgan fingerprint density at radius 2 is 1.76 bits per heavy atom. The van der Waals surface area contributed by atoms with Crippen LogP contribution in [0.4, 0.5) is 28.4 Å². The number of amides is 1. The number of carbonyl (C=O) groups is 1. The molecule has 7 aliphatic rings. The van der Waals surface area contributed by atoms with Gasteiger partial charge in [-0.1, -0.05) is 38.1 Å². The number of likely N-dealkylation sites (tertiary alicyclic amines) is 1. The molecule has 4 N–H and O–H groups in total. The first kappa shape index (κ1) is 46.1. The molecule has 0 bridgehead atoms. The van der Waals surface area contributed by atoms with Crippen molar-refractivity contribution in [3.8, 4) is 11.6 Å². The minimum atomic E-state index is -4.70. The maximum absolute atomic E-state index is 14.7. The lowest BCUT2D eigenvalue weighted by atomic mass is 9.59. The van der Waals surface area contributed by atoms with Crippen molar-refractivity contribution >= 4 is 55.4 Å². The maximum Gasteiger partial charge on any atom is 0.297 e. The molecule has 18 heteroatoms. The number of rotatable bonds is 10. The summed E-state index contributed by atoms with van der Waals surface area (Å²) < 4.78 is 49.4. The Bertz CT molecular complexity index is 2990. The largest absolute Gasteiger partial charge is 0.489 e. The van der Waals surface area contributed by atoms with Crippen molar-refractivity contribution in [3.63, 3.8) is 0 Å². The van der Waals surface area contributed by atoms with Gasteiger partial charge in [0.2, 0.25) is 5.88 Å². The Morgan fingerprint density at radius 3 is 2.55 bits per heavy atom. The van der Waals surface area contributed by atoms with Gasteiger partial charge in [0.25, 0.3) is 21.6 Å². The zero-order valence-electron chi connectivity index (χ0n) is 40.2. The number of aliphatic hydroxyl groups excluding tert-OH is 1. The maximum atomic E-state index is 14.7. The van der Waals surface area contributed by atoms with Gasteiger partial charge in [-0.2, -0.15) is 4.98 Å². The smallest absolute Gasteiger partial charge is 0.297 e. The summed E-state index contributed by atoms with van der Waals surface area (Å²) >= 11 is 0. The number of ether oxygens (including phenoxy) is 3. The molecule has 3 aromatic carbocycles. The highest BCUT2D eigenvalue weighted by Crippen LogP contribution is 2.55. The second kappa shape index (κ2) is 18.0. The van der Waals surface area contributed by atoms with Gasteiger partial charge in [0.05, 0.1) is 52.5 Å². The predicted molar refractivity (Wildman–Crippen MR) is 268 cm³/mol. The number of hydrogen-bond acceptors (Lipinski definition) is 14. The third-order valence-corrected chi connectivity index (χ3v) is 18.2. The highest BCUT2D eigenvalue weighted by atomic mass is 32.2. The van der Waals surface area contributed by atoms with Gasteiger partial charge in [-0.25, -0.2) is 13.1 Å². The van der Waals surface area contributed by atoms with Crippen LogP contribution in [0.15, 0.2) is 77.8 Å². The Balaban J connectivity index is 0.827. The second-order valence-electron chi connectivity index (χ2n) is 21.4. The summed E-state index contributed by atoms with van der Waals surface area (Å²) in [6.07, 6.45) is 10.7. The number of piperidine rings is 1. The van der Waals surface area contributed by atoms with E-state index in [-0.39, 0.29) is 53.1 Å². The second-order valence-corrected chi connectivity index (χ2v) is 23.1. The summed E-state index contributed by atoms with van der Waals surface area (Å²) in [7, 11) is -4.70. The summed E-state index contributed by atoms with van der Waals surface area (Å²) in [4.78, 5) is 41.3. The molecule has 71 heavy (non-hydrogen) atoms. The molecule has 5 aromatic rings. The number of aromatic amines is 1. The van der Waals surface area contributed by atoms with E-state index in [1.165, 1.54) is 42.9 Å². The van der Waals surface area contributed by atoms with Crippen LogP contribution in [0.1, 0.15) is 112 Å². The number of nitrogens with zero attached hydrogens (tertiary/aromatic N) is 5. The molecule has 3 saturated heterocycles. The molecule has 5 fully saturated rings. The van der Waals surface area contributed by atoms with E-state index in [4.69, 9.17) is 19.2 Å². The van der Waals surface area contributed by atoms with Crippen LogP contribution in [-0.4, -0.2) is 109 Å². The van der Waals surface area contributed by atoms with Crippen LogP contribution >= 0.6 is 0 Å². The molecular formula is C53H62N8O9S. The SMILES string of the molecule is CC(C)c1ccccc1[C@@H]1CCCN1C1CC2(CCN(c3ccc(C(=O)NS(=O)(=O)c4cc5c(c([N+](=O)[O-])c4)N[C@@H](C4CCC(O)CC4)CO5)c(N4c5cc6cc[nH]c6nc5O[C@@H]5COC[C@H]54)c3)CC2)C1. The third kappa shape index (κ3) is 8.33. The fourth-order valence-corrected chi connectivity index (χ4v) is 14.1. The number of benzene rings is 3. The lowest BCUT2D eigenvalue weighted by Gasteiger charge is -2.56. The molecule has 17 nitrogen and oxygen atoms in total. The number of aromatic nitrogens is 2. The first-order valence-corrected chi connectivity index (χ1v) is 27.0.